The summed E-state index contributed by atoms with van der Waals surface area (Å²) >= 11 is 0. The summed E-state index contributed by atoms with van der Waals surface area (Å²) in [5.74, 6) is -0.735. The molecule has 0 spiro atoms. The van der Waals surface area contributed by atoms with Gasteiger partial charge in [0.1, 0.15) is 6.10 Å². The second-order valence-corrected chi connectivity index (χ2v) is 4.46. The first kappa shape index (κ1) is 14.7. The number of esters is 1. The number of ether oxygens (including phenoxy) is 1. The minimum absolute atomic E-state index is 0.248. The van der Waals surface area contributed by atoms with E-state index in [-0.39, 0.29) is 5.91 Å². The van der Waals surface area contributed by atoms with Crippen LogP contribution in [-0.2, 0) is 4.74 Å². The van der Waals surface area contributed by atoms with Gasteiger partial charge in [0.2, 0.25) is 0 Å². The topological polar surface area (TPSA) is 68.3 Å². The number of benzene rings is 1. The Hall–Kier alpha value is -2.69. The highest BCUT2D eigenvalue weighted by molar-refractivity contribution is 5.97. The largest absolute Gasteiger partial charge is 0.453 e. The van der Waals surface area contributed by atoms with E-state index in [2.05, 4.69) is 10.3 Å². The fourth-order valence-electron chi connectivity index (χ4n) is 1.84. The number of carbonyl (C=O) groups excluding carboxylic acids is 2. The fraction of sp³-hybridized carbons (Fsp3) is 0.188. The molecular formula is C16H16N2O3. The Labute approximate surface area is 123 Å². The van der Waals surface area contributed by atoms with Crippen LogP contribution in [0.2, 0.25) is 0 Å². The van der Waals surface area contributed by atoms with E-state index in [4.69, 9.17) is 4.74 Å². The van der Waals surface area contributed by atoms with Crippen molar-refractivity contribution in [3.8, 4) is 0 Å². The number of hydrogen-bond acceptors (Lipinski definition) is 4. The third-order valence-electron chi connectivity index (χ3n) is 2.98. The quantitative estimate of drug-likeness (QED) is 0.875. The van der Waals surface area contributed by atoms with Crippen molar-refractivity contribution in [2.75, 3.05) is 7.05 Å². The van der Waals surface area contributed by atoms with Gasteiger partial charge in [-0.25, -0.2) is 4.79 Å². The number of rotatable bonds is 4. The van der Waals surface area contributed by atoms with E-state index in [1.54, 1.807) is 43.5 Å². The predicted molar refractivity (Wildman–Crippen MR) is 77.9 cm³/mol. The maximum Gasteiger partial charge on any atom is 0.338 e. The van der Waals surface area contributed by atoms with Gasteiger partial charge in [0, 0.05) is 18.8 Å². The number of nitrogens with zero attached hydrogens (tertiary/aromatic N) is 1. The Kier molecular flexibility index (Phi) is 4.66. The lowest BCUT2D eigenvalue weighted by atomic mass is 10.1. The van der Waals surface area contributed by atoms with Crippen LogP contribution in [0, 0.1) is 0 Å². The van der Waals surface area contributed by atoms with E-state index in [1.807, 2.05) is 6.07 Å². The van der Waals surface area contributed by atoms with E-state index in [1.165, 1.54) is 13.1 Å². The van der Waals surface area contributed by atoms with Crippen LogP contribution in [0.1, 0.15) is 39.4 Å². The van der Waals surface area contributed by atoms with Gasteiger partial charge in [0.25, 0.3) is 5.91 Å². The van der Waals surface area contributed by atoms with E-state index in [0.717, 1.165) is 0 Å². The maximum atomic E-state index is 12.1. The van der Waals surface area contributed by atoms with Gasteiger partial charge in [-0.1, -0.05) is 12.1 Å². The molecule has 1 N–H and O–H groups in total. The van der Waals surface area contributed by atoms with Crippen LogP contribution >= 0.6 is 0 Å². The van der Waals surface area contributed by atoms with Crippen molar-refractivity contribution in [2.45, 2.75) is 13.0 Å². The Morgan fingerprint density at radius 3 is 2.57 bits per heavy atom. The lowest BCUT2D eigenvalue weighted by molar-refractivity contribution is 0.0329. The summed E-state index contributed by atoms with van der Waals surface area (Å²) in [4.78, 5) is 27.8. The molecular weight excluding hydrogens is 268 g/mol. The number of aromatic nitrogens is 1. The van der Waals surface area contributed by atoms with E-state index in [9.17, 15) is 9.59 Å². The first-order chi connectivity index (χ1) is 10.1. The molecule has 0 saturated carbocycles. The van der Waals surface area contributed by atoms with E-state index in [0.29, 0.717) is 16.8 Å². The third-order valence-corrected chi connectivity index (χ3v) is 2.98. The summed E-state index contributed by atoms with van der Waals surface area (Å²) in [5.41, 5.74) is 1.42. The van der Waals surface area contributed by atoms with Crippen LogP contribution < -0.4 is 5.32 Å². The molecule has 5 nitrogen and oxygen atoms in total. The molecule has 1 atom stereocenters. The summed E-state index contributed by atoms with van der Waals surface area (Å²) in [6.07, 6.45) is 1.19. The average molecular weight is 284 g/mol. The summed E-state index contributed by atoms with van der Waals surface area (Å²) in [7, 11) is 1.54. The summed E-state index contributed by atoms with van der Waals surface area (Å²) in [5, 5.41) is 2.51. The molecule has 0 aliphatic heterocycles. The van der Waals surface area contributed by atoms with Gasteiger partial charge in [0.15, 0.2) is 0 Å². The van der Waals surface area contributed by atoms with Crippen LogP contribution in [0.15, 0.2) is 48.7 Å². The van der Waals surface area contributed by atoms with E-state index < -0.39 is 12.1 Å². The predicted octanol–water partition coefficient (Wildman–Crippen LogP) is 2.36. The first-order valence-electron chi connectivity index (χ1n) is 6.56. The molecule has 5 heteroatoms. The molecule has 0 fully saturated rings. The monoisotopic (exact) mass is 284 g/mol. The zero-order valence-electron chi connectivity index (χ0n) is 11.9. The minimum atomic E-state index is -0.487. The number of amides is 1. The number of nitrogens with one attached hydrogen (secondary N) is 1. The molecule has 0 aliphatic rings. The molecule has 21 heavy (non-hydrogen) atoms. The molecule has 0 bridgehead atoms. The zero-order valence-corrected chi connectivity index (χ0v) is 11.9. The summed E-state index contributed by atoms with van der Waals surface area (Å²) in [6.45, 7) is 1.75. The molecule has 2 aromatic rings. The summed E-state index contributed by atoms with van der Waals surface area (Å²) in [6, 6.07) is 11.8. The van der Waals surface area contributed by atoms with Crippen molar-refractivity contribution >= 4 is 11.9 Å². The lowest BCUT2D eigenvalue weighted by Crippen LogP contribution is -2.18. The highest BCUT2D eigenvalue weighted by atomic mass is 16.5. The van der Waals surface area contributed by atoms with Gasteiger partial charge in [-0.3, -0.25) is 9.78 Å². The molecule has 0 aliphatic carbocycles. The molecule has 1 amide bonds. The fourth-order valence-corrected chi connectivity index (χ4v) is 1.84. The molecule has 1 aromatic heterocycles. The smallest absolute Gasteiger partial charge is 0.338 e. The van der Waals surface area contributed by atoms with Crippen molar-refractivity contribution in [3.63, 3.8) is 0 Å². The van der Waals surface area contributed by atoms with Crippen molar-refractivity contribution in [3.05, 3.63) is 65.5 Å². The number of pyridine rings is 1. The van der Waals surface area contributed by atoms with E-state index >= 15 is 0 Å². The molecule has 0 unspecified atom stereocenters. The van der Waals surface area contributed by atoms with Crippen LogP contribution in [0.3, 0.4) is 0 Å². The maximum absolute atomic E-state index is 12.1. The van der Waals surface area contributed by atoms with Crippen LogP contribution in [0.25, 0.3) is 0 Å². The van der Waals surface area contributed by atoms with Crippen LogP contribution in [0.4, 0.5) is 0 Å². The van der Waals surface area contributed by atoms with Crippen molar-refractivity contribution < 1.29 is 14.3 Å². The van der Waals surface area contributed by atoms with Crippen molar-refractivity contribution in [2.24, 2.45) is 0 Å². The lowest BCUT2D eigenvalue weighted by Gasteiger charge is -2.12. The number of carbonyl (C=O) groups is 2. The molecule has 1 aromatic carbocycles. The Bertz CT molecular complexity index is 641. The first-order valence-corrected chi connectivity index (χ1v) is 6.56. The molecule has 108 valence electrons. The van der Waals surface area contributed by atoms with Crippen LogP contribution in [-0.4, -0.2) is 23.9 Å². The van der Waals surface area contributed by atoms with Gasteiger partial charge in [0.05, 0.1) is 11.3 Å². The van der Waals surface area contributed by atoms with Gasteiger partial charge in [-0.2, -0.15) is 0 Å². The second kappa shape index (κ2) is 6.65. The van der Waals surface area contributed by atoms with Gasteiger partial charge >= 0.3 is 5.97 Å². The Balaban J connectivity index is 2.12. The van der Waals surface area contributed by atoms with Crippen LogP contribution in [0.5, 0.6) is 0 Å². The minimum Gasteiger partial charge on any atom is -0.453 e. The normalized spacial score (nSPS) is 11.5. The third kappa shape index (κ3) is 3.66. The van der Waals surface area contributed by atoms with Crippen molar-refractivity contribution in [1.82, 2.24) is 10.3 Å². The zero-order chi connectivity index (χ0) is 15.2. The average Bonchev–Trinajstić information content (AvgIpc) is 2.55. The SMILES string of the molecule is CNC(=O)c1cccc(C(=O)O[C@@H](C)c2ccccn2)c1. The second-order valence-electron chi connectivity index (χ2n) is 4.46. The van der Waals surface area contributed by atoms with Gasteiger partial charge in [-0.05, 0) is 37.3 Å². The molecule has 0 saturated heterocycles. The Morgan fingerprint density at radius 2 is 1.90 bits per heavy atom. The standard InChI is InChI=1S/C16H16N2O3/c1-11(14-8-3-4-9-18-14)21-16(20)13-7-5-6-12(10-13)15(19)17-2/h3-11H,1-2H3,(H,17,19)/t11-/m0/s1. The van der Waals surface area contributed by atoms with Gasteiger partial charge < -0.3 is 10.1 Å². The van der Waals surface area contributed by atoms with Gasteiger partial charge in [-0.15, -0.1) is 0 Å². The Morgan fingerprint density at radius 1 is 1.14 bits per heavy atom. The molecule has 0 radical (unpaired) electrons. The molecule has 1 heterocycles. The number of hydrogen-bond donors (Lipinski definition) is 1. The molecule has 2 rings (SSSR count). The highest BCUT2D eigenvalue weighted by Crippen LogP contribution is 2.16. The van der Waals surface area contributed by atoms with Crippen molar-refractivity contribution in [1.29, 1.82) is 0 Å². The highest BCUT2D eigenvalue weighted by Gasteiger charge is 2.15. The summed E-state index contributed by atoms with van der Waals surface area (Å²) < 4.78 is 5.36.